The molecule has 3 aliphatic heterocycles. The molecule has 3 aliphatic rings. The topological polar surface area (TPSA) is 184 Å². The van der Waals surface area contributed by atoms with Gasteiger partial charge in [-0.2, -0.15) is 13.0 Å². The number of unbranched alkanes of at least 4 members (excludes halogenated alkanes) is 2. The number of allylic oxidation sites excluding steroid dienone is 4. The van der Waals surface area contributed by atoms with Gasteiger partial charge in [-0.1, -0.05) is 26.3 Å². The third-order valence-corrected chi connectivity index (χ3v) is 11.5. The smallest absolute Gasteiger partial charge is 0.294 e. The van der Waals surface area contributed by atoms with Gasteiger partial charge in [-0.05, 0) is 68.7 Å². The number of rotatable bonds is 13. The number of nitrogens with one attached hydrogen (secondary N) is 1. The van der Waals surface area contributed by atoms with Crippen LogP contribution in [0, 0.1) is 0 Å². The number of carbonyl (C=O) groups excluding carboxylic acids is 3. The fraction of sp³-hybridized carbons (Fsp3) is 0.389. The Kier molecular flexibility index (Phi) is 10.3. The molecule has 0 spiro atoms. The molecule has 2 aromatic carbocycles. The van der Waals surface area contributed by atoms with Gasteiger partial charge in [0.15, 0.2) is 5.71 Å². The van der Waals surface area contributed by atoms with E-state index in [2.05, 4.69) is 10.2 Å². The maximum absolute atomic E-state index is 12.4. The maximum atomic E-state index is 12.4. The molecule has 0 saturated carbocycles. The van der Waals surface area contributed by atoms with E-state index in [4.69, 9.17) is 0 Å². The van der Waals surface area contributed by atoms with Gasteiger partial charge in [0.1, 0.15) is 17.2 Å². The molecule has 2 N–H and O–H groups in total. The minimum absolute atomic E-state index is 0.107. The molecule has 0 radical (unpaired) electrons. The Hall–Kier alpha value is -4.44. The van der Waals surface area contributed by atoms with Crippen molar-refractivity contribution in [1.82, 2.24) is 10.2 Å². The average molecular weight is 739 g/mol. The summed E-state index contributed by atoms with van der Waals surface area (Å²) in [6.07, 6.45) is 10.5. The Bertz CT molecular complexity index is 2130. The van der Waals surface area contributed by atoms with Crippen LogP contribution >= 0.6 is 0 Å². The van der Waals surface area contributed by atoms with Crippen molar-refractivity contribution < 1.29 is 44.9 Å². The van der Waals surface area contributed by atoms with Crippen LogP contribution in [-0.4, -0.2) is 85.5 Å². The zero-order valence-corrected chi connectivity index (χ0v) is 30.8. The zero-order chi connectivity index (χ0) is 37.5. The highest BCUT2D eigenvalue weighted by molar-refractivity contribution is 7.86. The number of anilines is 1. The molecule has 0 unspecified atom stereocenters. The van der Waals surface area contributed by atoms with Crippen LogP contribution in [0.25, 0.3) is 0 Å². The number of nitrogens with zero attached hydrogens (tertiary/aromatic N) is 3. The molecule has 0 atom stereocenters. The van der Waals surface area contributed by atoms with Crippen molar-refractivity contribution in [1.29, 1.82) is 0 Å². The lowest BCUT2D eigenvalue weighted by molar-refractivity contribution is -0.401. The van der Waals surface area contributed by atoms with E-state index in [1.807, 2.05) is 57.5 Å². The highest BCUT2D eigenvalue weighted by Gasteiger charge is 2.44. The molecule has 2 aromatic rings. The SMILES string of the molecule is C[N+]1=C(/C=C/C=C2/N(CCCCCC(=O)NCCN3C(=O)C=CC3=O)c3ccc(S(=O)(=O)O)cc3C2(C)C)C(C)(C)c2cc(S(=O)(=O)[O-])ccc21. The van der Waals surface area contributed by atoms with Crippen LogP contribution in [0.15, 0.2) is 82.3 Å². The second kappa shape index (κ2) is 13.9. The van der Waals surface area contributed by atoms with Gasteiger partial charge in [0.2, 0.25) is 11.6 Å². The third kappa shape index (κ3) is 7.61. The first-order valence-electron chi connectivity index (χ1n) is 16.5. The van der Waals surface area contributed by atoms with Gasteiger partial charge in [-0.25, -0.2) is 8.42 Å². The van der Waals surface area contributed by atoms with Gasteiger partial charge < -0.3 is 14.8 Å². The van der Waals surface area contributed by atoms with Crippen LogP contribution < -0.4 is 10.2 Å². The van der Waals surface area contributed by atoms with Crippen LogP contribution in [0.5, 0.6) is 0 Å². The van der Waals surface area contributed by atoms with Crippen molar-refractivity contribution in [3.05, 3.63) is 83.6 Å². The van der Waals surface area contributed by atoms with E-state index in [-0.39, 0.29) is 35.2 Å². The Morgan fingerprint density at radius 2 is 1.53 bits per heavy atom. The first-order chi connectivity index (χ1) is 23.7. The summed E-state index contributed by atoms with van der Waals surface area (Å²) in [6, 6.07) is 8.92. The summed E-state index contributed by atoms with van der Waals surface area (Å²) < 4.78 is 71.0. The van der Waals surface area contributed by atoms with Gasteiger partial charge in [-0.15, -0.1) is 0 Å². The van der Waals surface area contributed by atoms with E-state index in [0.29, 0.717) is 24.9 Å². The largest absolute Gasteiger partial charge is 0.744 e. The molecule has 0 bridgehead atoms. The summed E-state index contributed by atoms with van der Waals surface area (Å²) in [5.74, 6) is -0.968. The van der Waals surface area contributed by atoms with Crippen molar-refractivity contribution in [3.63, 3.8) is 0 Å². The number of hydrogen-bond donors (Lipinski definition) is 2. The molecule has 0 aromatic heterocycles. The van der Waals surface area contributed by atoms with Gasteiger partial charge in [0.05, 0.1) is 15.2 Å². The molecule has 5 rings (SSSR count). The van der Waals surface area contributed by atoms with E-state index in [0.717, 1.165) is 39.7 Å². The molecular formula is C36H42N4O9S2. The quantitative estimate of drug-likeness (QED) is 0.133. The number of hydrogen-bond acceptors (Lipinski definition) is 9. The van der Waals surface area contributed by atoms with Crippen LogP contribution in [0.2, 0.25) is 0 Å². The number of amides is 3. The monoisotopic (exact) mass is 738 g/mol. The average Bonchev–Trinajstić information content (AvgIpc) is 3.55. The lowest BCUT2D eigenvalue weighted by Crippen LogP contribution is -2.38. The lowest BCUT2D eigenvalue weighted by Gasteiger charge is -2.27. The van der Waals surface area contributed by atoms with Crippen molar-refractivity contribution in [2.45, 2.75) is 74.0 Å². The van der Waals surface area contributed by atoms with Crippen LogP contribution in [-0.2, 0) is 45.4 Å². The first-order valence-corrected chi connectivity index (χ1v) is 19.4. The molecule has 3 heterocycles. The van der Waals surface area contributed by atoms with Gasteiger partial charge in [0.25, 0.3) is 21.9 Å². The predicted octanol–water partition coefficient (Wildman–Crippen LogP) is 3.68. The Labute approximate surface area is 298 Å². The standard InChI is InChI=1S/C36H42N4O9S2/c1-35(2)26-22-24(50(44,45)46)13-15-28(26)38(5)30(35)10-9-11-31-36(3,4)27-23-25(51(47,48)49)14-16-29(27)39(31)20-8-6-7-12-32(41)37-19-21-40-33(42)17-18-34(40)43/h9-11,13-18,22-23H,6-8,12,19-21H2,1-5H3,(H2-,37,41,44,45,46,47,48,49). The number of carbonyl (C=O) groups is 3. The van der Waals surface area contributed by atoms with Gasteiger partial charge in [0, 0.05) is 72.7 Å². The predicted molar refractivity (Wildman–Crippen MR) is 189 cm³/mol. The Morgan fingerprint density at radius 1 is 0.882 bits per heavy atom. The van der Waals surface area contributed by atoms with Crippen LogP contribution in [0.3, 0.4) is 0 Å². The molecule has 3 amide bonds. The minimum Gasteiger partial charge on any atom is -0.744 e. The Morgan fingerprint density at radius 3 is 2.18 bits per heavy atom. The Balaban J connectivity index is 1.31. The van der Waals surface area contributed by atoms with E-state index >= 15 is 0 Å². The highest BCUT2D eigenvalue weighted by Crippen LogP contribution is 2.49. The van der Waals surface area contributed by atoms with Crippen molar-refractivity contribution in [2.24, 2.45) is 0 Å². The fourth-order valence-corrected chi connectivity index (χ4v) is 8.04. The molecule has 13 nitrogen and oxygen atoms in total. The van der Waals surface area contributed by atoms with E-state index < -0.39 is 42.9 Å². The van der Waals surface area contributed by atoms with Crippen LogP contribution in [0.1, 0.15) is 64.5 Å². The summed E-state index contributed by atoms with van der Waals surface area (Å²) in [7, 11) is -7.20. The normalized spacial score (nSPS) is 18.8. The highest BCUT2D eigenvalue weighted by atomic mass is 32.2. The van der Waals surface area contributed by atoms with E-state index in [1.54, 1.807) is 12.1 Å². The summed E-state index contributed by atoms with van der Waals surface area (Å²) >= 11 is 0. The number of benzene rings is 2. The summed E-state index contributed by atoms with van der Waals surface area (Å²) in [4.78, 5) is 38.4. The van der Waals surface area contributed by atoms with E-state index in [9.17, 15) is 40.3 Å². The summed E-state index contributed by atoms with van der Waals surface area (Å²) in [6.45, 7) is 8.70. The third-order valence-electron chi connectivity index (χ3n) is 9.81. The molecular weight excluding hydrogens is 697 g/mol. The maximum Gasteiger partial charge on any atom is 0.294 e. The van der Waals surface area contributed by atoms with Crippen molar-refractivity contribution >= 4 is 55.0 Å². The zero-order valence-electron chi connectivity index (χ0n) is 29.2. The van der Waals surface area contributed by atoms with Gasteiger partial charge >= 0.3 is 0 Å². The number of imide groups is 1. The molecule has 15 heteroatoms. The van der Waals surface area contributed by atoms with Crippen molar-refractivity contribution in [3.8, 4) is 0 Å². The molecule has 51 heavy (non-hydrogen) atoms. The second-order valence-corrected chi connectivity index (χ2v) is 16.7. The fourth-order valence-electron chi connectivity index (χ4n) is 7.04. The minimum atomic E-state index is -4.63. The molecule has 272 valence electrons. The number of fused-ring (bicyclic) bond motifs is 2. The summed E-state index contributed by atoms with van der Waals surface area (Å²) in [5, 5.41) is 2.75. The van der Waals surface area contributed by atoms with Crippen LogP contribution in [0.4, 0.5) is 11.4 Å². The summed E-state index contributed by atoms with van der Waals surface area (Å²) in [5.41, 5.74) is 3.51. The molecule has 0 fully saturated rings. The lowest BCUT2D eigenvalue weighted by atomic mass is 9.81. The molecule has 0 saturated heterocycles. The molecule has 0 aliphatic carbocycles. The first kappa shape index (κ1) is 37.8. The van der Waals surface area contributed by atoms with Crippen molar-refractivity contribution in [2.75, 3.05) is 31.6 Å². The van der Waals surface area contributed by atoms with E-state index in [1.165, 1.54) is 36.4 Å². The van der Waals surface area contributed by atoms with Gasteiger partial charge in [-0.3, -0.25) is 23.8 Å². The second-order valence-electron chi connectivity index (χ2n) is 13.9.